The predicted molar refractivity (Wildman–Crippen MR) is 122 cm³/mol. The summed E-state index contributed by atoms with van der Waals surface area (Å²) in [5.74, 6) is 0.113. The van der Waals surface area contributed by atoms with E-state index in [4.69, 9.17) is 9.47 Å². The Labute approximate surface area is 191 Å². The van der Waals surface area contributed by atoms with Crippen LogP contribution in [-0.4, -0.2) is 23.4 Å². The number of carbonyl (C=O) groups excluding carboxylic acids is 2. The second kappa shape index (κ2) is 9.99. The number of ether oxygens (including phenoxy) is 2. The van der Waals surface area contributed by atoms with E-state index in [0.717, 1.165) is 10.5 Å². The van der Waals surface area contributed by atoms with Gasteiger partial charge in [-0.25, -0.2) is 9.18 Å². The summed E-state index contributed by atoms with van der Waals surface area (Å²) in [5.41, 5.74) is 2.06. The Kier molecular flexibility index (Phi) is 6.69. The molecule has 6 nitrogen and oxygen atoms in total. The molecule has 1 aliphatic rings. The number of hydrogen-bond acceptors (Lipinski definition) is 4. The summed E-state index contributed by atoms with van der Waals surface area (Å²) in [4.78, 5) is 26.1. The number of nitrogens with zero attached hydrogens (tertiary/aromatic N) is 1. The largest absolute Gasteiger partial charge is 0.490 e. The second-order valence-electron chi connectivity index (χ2n) is 7.38. The second-order valence-corrected chi connectivity index (χ2v) is 7.38. The molecule has 1 heterocycles. The molecule has 168 valence electrons. The molecular formula is C26H23FN2O4. The van der Waals surface area contributed by atoms with Crippen LogP contribution in [0.3, 0.4) is 0 Å². The van der Waals surface area contributed by atoms with Crippen molar-refractivity contribution in [1.29, 1.82) is 0 Å². The van der Waals surface area contributed by atoms with Crippen LogP contribution < -0.4 is 14.8 Å². The van der Waals surface area contributed by atoms with E-state index in [0.29, 0.717) is 30.3 Å². The first-order valence-electron chi connectivity index (χ1n) is 10.6. The van der Waals surface area contributed by atoms with Crippen molar-refractivity contribution in [3.63, 3.8) is 0 Å². The predicted octanol–water partition coefficient (Wildman–Crippen LogP) is 4.90. The number of imide groups is 1. The molecule has 3 aromatic carbocycles. The van der Waals surface area contributed by atoms with E-state index in [2.05, 4.69) is 5.32 Å². The first-order valence-corrected chi connectivity index (χ1v) is 10.6. The number of carbonyl (C=O) groups is 2. The lowest BCUT2D eigenvalue weighted by atomic mass is 10.1. The molecule has 0 spiro atoms. The van der Waals surface area contributed by atoms with Crippen molar-refractivity contribution in [2.75, 3.05) is 6.61 Å². The van der Waals surface area contributed by atoms with Crippen LogP contribution in [0.1, 0.15) is 23.6 Å². The maximum absolute atomic E-state index is 14.0. The van der Waals surface area contributed by atoms with Gasteiger partial charge in [-0.1, -0.05) is 54.6 Å². The Hall–Kier alpha value is -4.13. The highest BCUT2D eigenvalue weighted by Crippen LogP contribution is 2.30. The smallest absolute Gasteiger partial charge is 0.329 e. The average Bonchev–Trinajstić information content (AvgIpc) is 3.08. The molecule has 1 saturated heterocycles. The third-order valence-electron chi connectivity index (χ3n) is 5.06. The number of amides is 3. The van der Waals surface area contributed by atoms with Gasteiger partial charge in [0.2, 0.25) is 0 Å². The van der Waals surface area contributed by atoms with Crippen molar-refractivity contribution >= 4 is 18.0 Å². The molecular weight excluding hydrogens is 423 g/mol. The Morgan fingerprint density at radius 3 is 2.45 bits per heavy atom. The number of hydrogen-bond donors (Lipinski definition) is 1. The summed E-state index contributed by atoms with van der Waals surface area (Å²) < 4.78 is 25.6. The molecule has 0 atom stereocenters. The molecule has 0 bridgehead atoms. The third kappa shape index (κ3) is 5.20. The quantitative estimate of drug-likeness (QED) is 0.395. The molecule has 0 aromatic heterocycles. The zero-order valence-corrected chi connectivity index (χ0v) is 18.1. The zero-order valence-electron chi connectivity index (χ0n) is 18.1. The minimum absolute atomic E-state index is 0.108. The van der Waals surface area contributed by atoms with Gasteiger partial charge in [-0.15, -0.1) is 0 Å². The van der Waals surface area contributed by atoms with E-state index in [1.54, 1.807) is 42.5 Å². The molecule has 3 amide bonds. The average molecular weight is 446 g/mol. The van der Waals surface area contributed by atoms with E-state index in [1.165, 1.54) is 6.07 Å². The first kappa shape index (κ1) is 22.1. The van der Waals surface area contributed by atoms with Gasteiger partial charge >= 0.3 is 6.03 Å². The maximum atomic E-state index is 14.0. The van der Waals surface area contributed by atoms with Gasteiger partial charge in [0.25, 0.3) is 5.91 Å². The van der Waals surface area contributed by atoms with Crippen molar-refractivity contribution in [2.24, 2.45) is 0 Å². The van der Waals surface area contributed by atoms with E-state index in [9.17, 15) is 14.0 Å². The topological polar surface area (TPSA) is 67.9 Å². The molecule has 1 fully saturated rings. The highest BCUT2D eigenvalue weighted by molar-refractivity contribution is 6.13. The number of rotatable bonds is 8. The summed E-state index contributed by atoms with van der Waals surface area (Å²) in [5, 5.41) is 2.56. The number of halogens is 1. The fourth-order valence-corrected chi connectivity index (χ4v) is 3.42. The highest BCUT2D eigenvalue weighted by Gasteiger charge is 2.34. The van der Waals surface area contributed by atoms with Gasteiger partial charge < -0.3 is 14.8 Å². The van der Waals surface area contributed by atoms with Crippen LogP contribution in [0, 0.1) is 5.82 Å². The normalized spacial score (nSPS) is 14.5. The van der Waals surface area contributed by atoms with Gasteiger partial charge in [0, 0.05) is 5.56 Å². The van der Waals surface area contributed by atoms with E-state index in [1.807, 2.05) is 37.3 Å². The molecule has 33 heavy (non-hydrogen) atoms. The minimum atomic E-state index is -0.595. The first-order chi connectivity index (χ1) is 16.0. The standard InChI is InChI=1S/C26H23FN2O4/c1-2-32-24-15-19(12-13-23(24)33-17-18-8-4-3-5-9-18)14-22-25(30)29(26(31)28-22)16-20-10-6-7-11-21(20)27/h3-15H,2,16-17H2,1H3,(H,28,31)/b22-14-. The molecule has 0 saturated carbocycles. The Morgan fingerprint density at radius 2 is 1.70 bits per heavy atom. The Balaban J connectivity index is 1.51. The Morgan fingerprint density at radius 1 is 0.939 bits per heavy atom. The third-order valence-corrected chi connectivity index (χ3v) is 5.06. The highest BCUT2D eigenvalue weighted by atomic mass is 19.1. The molecule has 0 unspecified atom stereocenters. The molecule has 7 heteroatoms. The van der Waals surface area contributed by atoms with Gasteiger partial charge in [-0.2, -0.15) is 0 Å². The number of benzene rings is 3. The van der Waals surface area contributed by atoms with Crippen molar-refractivity contribution in [2.45, 2.75) is 20.1 Å². The molecule has 3 aromatic rings. The van der Waals surface area contributed by atoms with Crippen LogP contribution in [-0.2, 0) is 17.9 Å². The van der Waals surface area contributed by atoms with E-state index in [-0.39, 0.29) is 17.8 Å². The maximum Gasteiger partial charge on any atom is 0.329 e. The summed E-state index contributed by atoms with van der Waals surface area (Å²) in [6.07, 6.45) is 1.56. The fraction of sp³-hybridized carbons (Fsp3) is 0.154. The van der Waals surface area contributed by atoms with E-state index < -0.39 is 17.8 Å². The van der Waals surface area contributed by atoms with Gasteiger partial charge in [0.15, 0.2) is 11.5 Å². The number of urea groups is 1. The fourth-order valence-electron chi connectivity index (χ4n) is 3.42. The minimum Gasteiger partial charge on any atom is -0.490 e. The lowest BCUT2D eigenvalue weighted by Crippen LogP contribution is -2.30. The monoisotopic (exact) mass is 446 g/mol. The Bertz CT molecular complexity index is 1190. The van der Waals surface area contributed by atoms with Crippen LogP contribution in [0.4, 0.5) is 9.18 Å². The van der Waals surface area contributed by atoms with Crippen molar-refractivity contribution in [1.82, 2.24) is 10.2 Å². The van der Waals surface area contributed by atoms with Crippen LogP contribution >= 0.6 is 0 Å². The SMILES string of the molecule is CCOc1cc(/C=C2\NC(=O)N(Cc3ccccc3F)C2=O)ccc1OCc1ccccc1. The van der Waals surface area contributed by atoms with Crippen LogP contribution in [0.5, 0.6) is 11.5 Å². The summed E-state index contributed by atoms with van der Waals surface area (Å²) in [6, 6.07) is 20.5. The lowest BCUT2D eigenvalue weighted by molar-refractivity contribution is -0.123. The van der Waals surface area contributed by atoms with Gasteiger partial charge in [0.05, 0.1) is 13.2 Å². The zero-order chi connectivity index (χ0) is 23.2. The van der Waals surface area contributed by atoms with Crippen molar-refractivity contribution in [3.8, 4) is 11.5 Å². The summed E-state index contributed by atoms with van der Waals surface area (Å²) in [7, 11) is 0. The van der Waals surface area contributed by atoms with Crippen LogP contribution in [0.15, 0.2) is 78.5 Å². The van der Waals surface area contributed by atoms with Gasteiger partial charge in [-0.3, -0.25) is 9.69 Å². The van der Waals surface area contributed by atoms with Gasteiger partial charge in [-0.05, 0) is 42.3 Å². The molecule has 1 N–H and O–H groups in total. The van der Waals surface area contributed by atoms with Crippen molar-refractivity contribution in [3.05, 3.63) is 101 Å². The lowest BCUT2D eigenvalue weighted by Gasteiger charge is -2.13. The van der Waals surface area contributed by atoms with Crippen molar-refractivity contribution < 1.29 is 23.5 Å². The summed E-state index contributed by atoms with van der Waals surface area (Å²) in [6.45, 7) is 2.55. The molecule has 1 aliphatic heterocycles. The van der Waals surface area contributed by atoms with Crippen LogP contribution in [0.25, 0.3) is 6.08 Å². The summed E-state index contributed by atoms with van der Waals surface area (Å²) >= 11 is 0. The van der Waals surface area contributed by atoms with Crippen LogP contribution in [0.2, 0.25) is 0 Å². The molecule has 0 aliphatic carbocycles. The molecule has 4 rings (SSSR count). The van der Waals surface area contributed by atoms with Gasteiger partial charge in [0.1, 0.15) is 18.1 Å². The van der Waals surface area contributed by atoms with E-state index >= 15 is 0 Å². The molecule has 0 radical (unpaired) electrons. The number of nitrogens with one attached hydrogen (secondary N) is 1.